The van der Waals surface area contributed by atoms with Crippen LogP contribution >= 0.6 is 15.9 Å². The minimum Gasteiger partial charge on any atom is -0.399 e. The SMILES string of the molecule is CCC(O)(CC)CNS(=O)(=O)c1ccc(N)cc1Br. The molecule has 19 heavy (non-hydrogen) atoms. The molecule has 0 bridgehead atoms. The van der Waals surface area contributed by atoms with Gasteiger partial charge >= 0.3 is 0 Å². The fourth-order valence-corrected chi connectivity index (χ4v) is 3.75. The van der Waals surface area contributed by atoms with Crippen molar-refractivity contribution in [1.82, 2.24) is 4.72 Å². The zero-order valence-electron chi connectivity index (χ0n) is 11.0. The van der Waals surface area contributed by atoms with Crippen molar-refractivity contribution in [3.63, 3.8) is 0 Å². The van der Waals surface area contributed by atoms with Crippen molar-refractivity contribution in [3.8, 4) is 0 Å². The van der Waals surface area contributed by atoms with Crippen LogP contribution in [0.3, 0.4) is 0 Å². The van der Waals surface area contributed by atoms with Gasteiger partial charge in [-0.3, -0.25) is 0 Å². The average molecular weight is 351 g/mol. The van der Waals surface area contributed by atoms with Gasteiger partial charge in [-0.25, -0.2) is 13.1 Å². The maximum absolute atomic E-state index is 12.1. The normalized spacial score (nSPS) is 12.6. The fraction of sp³-hybridized carbons (Fsp3) is 0.500. The molecule has 0 aliphatic carbocycles. The molecule has 0 saturated carbocycles. The lowest BCUT2D eigenvalue weighted by atomic mass is 9.98. The van der Waals surface area contributed by atoms with Gasteiger partial charge in [0.1, 0.15) is 0 Å². The van der Waals surface area contributed by atoms with Crippen molar-refractivity contribution in [1.29, 1.82) is 0 Å². The van der Waals surface area contributed by atoms with Crippen LogP contribution in [0.1, 0.15) is 26.7 Å². The highest BCUT2D eigenvalue weighted by atomic mass is 79.9. The van der Waals surface area contributed by atoms with Crippen molar-refractivity contribution in [2.24, 2.45) is 0 Å². The van der Waals surface area contributed by atoms with E-state index in [0.717, 1.165) is 0 Å². The summed E-state index contributed by atoms with van der Waals surface area (Å²) in [5, 5.41) is 10.1. The predicted molar refractivity (Wildman–Crippen MR) is 79.3 cm³/mol. The van der Waals surface area contributed by atoms with Gasteiger partial charge < -0.3 is 10.8 Å². The van der Waals surface area contributed by atoms with Gasteiger partial charge in [-0.15, -0.1) is 0 Å². The van der Waals surface area contributed by atoms with Crippen LogP contribution in [-0.4, -0.2) is 25.7 Å². The minimum atomic E-state index is -3.67. The lowest BCUT2D eigenvalue weighted by Gasteiger charge is -2.25. The molecule has 108 valence electrons. The Hall–Kier alpha value is -0.630. The highest BCUT2D eigenvalue weighted by Gasteiger charge is 2.26. The van der Waals surface area contributed by atoms with Crippen LogP contribution in [0.4, 0.5) is 5.69 Å². The minimum absolute atomic E-state index is 0.0147. The van der Waals surface area contributed by atoms with E-state index in [0.29, 0.717) is 23.0 Å². The Morgan fingerprint density at radius 2 is 1.95 bits per heavy atom. The molecular formula is C12H19BrN2O3S. The Morgan fingerprint density at radius 3 is 2.42 bits per heavy atom. The maximum Gasteiger partial charge on any atom is 0.241 e. The number of nitrogens with two attached hydrogens (primary N) is 1. The molecule has 0 unspecified atom stereocenters. The number of aliphatic hydroxyl groups is 1. The van der Waals surface area contributed by atoms with Gasteiger partial charge in [0.25, 0.3) is 0 Å². The van der Waals surface area contributed by atoms with Crippen LogP contribution in [0.15, 0.2) is 27.6 Å². The lowest BCUT2D eigenvalue weighted by molar-refractivity contribution is 0.0377. The lowest BCUT2D eigenvalue weighted by Crippen LogP contribution is -2.42. The van der Waals surface area contributed by atoms with Gasteiger partial charge in [0.05, 0.1) is 10.5 Å². The summed E-state index contributed by atoms with van der Waals surface area (Å²) in [4.78, 5) is 0.108. The van der Waals surface area contributed by atoms with E-state index in [2.05, 4.69) is 20.7 Å². The number of hydrogen-bond acceptors (Lipinski definition) is 4. The van der Waals surface area contributed by atoms with Crippen molar-refractivity contribution < 1.29 is 13.5 Å². The molecule has 0 fully saturated rings. The highest BCUT2D eigenvalue weighted by Crippen LogP contribution is 2.24. The summed E-state index contributed by atoms with van der Waals surface area (Å²) in [5.41, 5.74) is 5.03. The van der Waals surface area contributed by atoms with E-state index in [1.165, 1.54) is 18.2 Å². The molecule has 0 radical (unpaired) electrons. The van der Waals surface area contributed by atoms with Gasteiger partial charge in [0.15, 0.2) is 0 Å². The number of rotatable bonds is 6. The molecule has 0 atom stereocenters. The Balaban J connectivity index is 2.93. The van der Waals surface area contributed by atoms with E-state index in [-0.39, 0.29) is 11.4 Å². The monoisotopic (exact) mass is 350 g/mol. The van der Waals surface area contributed by atoms with Crippen molar-refractivity contribution in [2.45, 2.75) is 37.2 Å². The third kappa shape index (κ3) is 4.17. The molecule has 4 N–H and O–H groups in total. The number of anilines is 1. The third-order valence-electron chi connectivity index (χ3n) is 3.15. The largest absolute Gasteiger partial charge is 0.399 e. The molecule has 0 aliphatic rings. The summed E-state index contributed by atoms with van der Waals surface area (Å²) < 4.78 is 27.1. The fourth-order valence-electron chi connectivity index (χ4n) is 1.54. The van der Waals surface area contributed by atoms with Crippen LogP contribution in [0.2, 0.25) is 0 Å². The first-order valence-corrected chi connectivity index (χ1v) is 8.29. The van der Waals surface area contributed by atoms with Crippen molar-refractivity contribution in [3.05, 3.63) is 22.7 Å². The quantitative estimate of drug-likeness (QED) is 0.682. The number of sulfonamides is 1. The van der Waals surface area contributed by atoms with E-state index in [9.17, 15) is 13.5 Å². The molecule has 1 aromatic carbocycles. The summed E-state index contributed by atoms with van der Waals surface area (Å²) in [6.45, 7) is 3.62. The molecule has 0 saturated heterocycles. The van der Waals surface area contributed by atoms with Crippen LogP contribution in [0, 0.1) is 0 Å². The van der Waals surface area contributed by atoms with E-state index in [1.54, 1.807) is 0 Å². The molecule has 7 heteroatoms. The first-order chi connectivity index (χ1) is 8.74. The second-order valence-electron chi connectivity index (χ2n) is 4.45. The molecular weight excluding hydrogens is 332 g/mol. The van der Waals surface area contributed by atoms with Gasteiger partial charge in [-0.1, -0.05) is 13.8 Å². The van der Waals surface area contributed by atoms with E-state index in [1.807, 2.05) is 13.8 Å². The Morgan fingerprint density at radius 1 is 1.37 bits per heavy atom. The van der Waals surface area contributed by atoms with Crippen molar-refractivity contribution >= 4 is 31.6 Å². The summed E-state index contributed by atoms with van der Waals surface area (Å²) in [6.07, 6.45) is 0.962. The molecule has 0 amide bonds. The van der Waals surface area contributed by atoms with Crippen LogP contribution < -0.4 is 10.5 Å². The molecule has 0 aliphatic heterocycles. The molecule has 0 spiro atoms. The summed E-state index contributed by atoms with van der Waals surface area (Å²) in [6, 6.07) is 4.48. The van der Waals surface area contributed by atoms with Gasteiger partial charge in [0.2, 0.25) is 10.0 Å². The molecule has 5 nitrogen and oxygen atoms in total. The second kappa shape index (κ2) is 6.21. The van der Waals surface area contributed by atoms with E-state index < -0.39 is 15.6 Å². The van der Waals surface area contributed by atoms with Crippen LogP contribution in [0.5, 0.6) is 0 Å². The average Bonchev–Trinajstić information content (AvgIpc) is 2.35. The molecule has 1 aromatic rings. The Labute approximate surface area is 122 Å². The van der Waals surface area contributed by atoms with Crippen molar-refractivity contribution in [2.75, 3.05) is 12.3 Å². The number of hydrogen-bond donors (Lipinski definition) is 3. The second-order valence-corrected chi connectivity index (χ2v) is 7.04. The van der Waals surface area contributed by atoms with Gasteiger partial charge in [0, 0.05) is 16.7 Å². The predicted octanol–water partition coefficient (Wildman–Crippen LogP) is 1.86. The smallest absolute Gasteiger partial charge is 0.241 e. The summed E-state index contributed by atoms with van der Waals surface area (Å²) in [7, 11) is -3.67. The standard InChI is InChI=1S/C12H19BrN2O3S/c1-3-12(16,4-2)8-15-19(17,18)11-6-5-9(14)7-10(11)13/h5-7,15-16H,3-4,8,14H2,1-2H3. The highest BCUT2D eigenvalue weighted by molar-refractivity contribution is 9.10. The van der Waals surface area contributed by atoms with Crippen LogP contribution in [-0.2, 0) is 10.0 Å². The summed E-state index contributed by atoms with van der Waals surface area (Å²) >= 11 is 3.18. The Bertz CT molecular complexity index is 542. The zero-order valence-corrected chi connectivity index (χ0v) is 13.4. The van der Waals surface area contributed by atoms with Crippen LogP contribution in [0.25, 0.3) is 0 Å². The number of nitrogen functional groups attached to an aromatic ring is 1. The molecule has 1 rings (SSSR count). The number of nitrogens with one attached hydrogen (secondary N) is 1. The number of benzene rings is 1. The summed E-state index contributed by atoms with van der Waals surface area (Å²) in [5.74, 6) is 0. The van der Waals surface area contributed by atoms with E-state index >= 15 is 0 Å². The zero-order chi connectivity index (χ0) is 14.7. The Kier molecular flexibility index (Phi) is 5.37. The first kappa shape index (κ1) is 16.4. The van der Waals surface area contributed by atoms with Gasteiger partial charge in [-0.2, -0.15) is 0 Å². The van der Waals surface area contributed by atoms with Gasteiger partial charge in [-0.05, 0) is 47.0 Å². The third-order valence-corrected chi connectivity index (χ3v) is 5.53. The topological polar surface area (TPSA) is 92.4 Å². The number of halogens is 1. The van der Waals surface area contributed by atoms with E-state index in [4.69, 9.17) is 5.73 Å². The first-order valence-electron chi connectivity index (χ1n) is 6.01. The molecule has 0 heterocycles. The maximum atomic E-state index is 12.1. The molecule has 0 aromatic heterocycles.